The van der Waals surface area contributed by atoms with Crippen LogP contribution in [0.1, 0.15) is 18.1 Å². The maximum atomic E-state index is 12.1. The molecule has 0 bridgehead atoms. The van der Waals surface area contributed by atoms with Gasteiger partial charge in [-0.2, -0.15) is 0 Å². The molecule has 0 N–H and O–H groups in total. The van der Waals surface area contributed by atoms with Crippen LogP contribution in [0.2, 0.25) is 0 Å². The van der Waals surface area contributed by atoms with E-state index in [4.69, 9.17) is 4.74 Å². The van der Waals surface area contributed by atoms with Crippen molar-refractivity contribution in [3.8, 4) is 0 Å². The van der Waals surface area contributed by atoms with Crippen molar-refractivity contribution in [2.75, 3.05) is 6.61 Å². The number of ketones is 1. The fraction of sp³-hybridized carbons (Fsp3) is 0.158. The largest absolute Gasteiger partial charge is 0.462 e. The molecule has 0 aliphatic heterocycles. The van der Waals surface area contributed by atoms with Gasteiger partial charge in [0.1, 0.15) is 5.57 Å². The number of ether oxygens (including phenoxy) is 1. The number of carbonyl (C=O) groups is 2. The fourth-order valence-corrected chi connectivity index (χ4v) is 2.27. The summed E-state index contributed by atoms with van der Waals surface area (Å²) in [5.41, 5.74) is 1.92. The number of carbonyl (C=O) groups excluding carboxylic acids is 2. The van der Waals surface area contributed by atoms with Crippen LogP contribution in [0.5, 0.6) is 0 Å². The maximum absolute atomic E-state index is 12.1. The molecule has 0 saturated heterocycles. The molecular formula is C19H17BrO3. The molecular weight excluding hydrogens is 356 g/mol. The summed E-state index contributed by atoms with van der Waals surface area (Å²) in [4.78, 5) is 23.8. The molecule has 4 heteroatoms. The van der Waals surface area contributed by atoms with Gasteiger partial charge in [0.2, 0.25) is 0 Å². The van der Waals surface area contributed by atoms with E-state index in [-0.39, 0.29) is 18.0 Å². The van der Waals surface area contributed by atoms with Crippen molar-refractivity contribution < 1.29 is 14.3 Å². The zero-order chi connectivity index (χ0) is 16.7. The van der Waals surface area contributed by atoms with Gasteiger partial charge >= 0.3 is 5.97 Å². The summed E-state index contributed by atoms with van der Waals surface area (Å²) < 4.78 is 6.23. The van der Waals surface area contributed by atoms with Crippen LogP contribution < -0.4 is 0 Å². The Balaban J connectivity index is 1.97. The van der Waals surface area contributed by atoms with Crippen molar-refractivity contribution in [1.29, 1.82) is 0 Å². The first-order valence-corrected chi connectivity index (χ1v) is 8.05. The highest BCUT2D eigenvalue weighted by molar-refractivity contribution is 9.10. The number of esters is 1. The summed E-state index contributed by atoms with van der Waals surface area (Å²) in [5.74, 6) is -0.888. The van der Waals surface area contributed by atoms with Crippen LogP contribution in [-0.2, 0) is 20.7 Å². The zero-order valence-corrected chi connectivity index (χ0v) is 14.4. The van der Waals surface area contributed by atoms with E-state index in [0.29, 0.717) is 6.42 Å². The molecule has 0 heterocycles. The van der Waals surface area contributed by atoms with Crippen LogP contribution in [0.4, 0.5) is 0 Å². The Morgan fingerprint density at radius 1 is 1.04 bits per heavy atom. The van der Waals surface area contributed by atoms with E-state index >= 15 is 0 Å². The minimum Gasteiger partial charge on any atom is -0.462 e. The lowest BCUT2D eigenvalue weighted by Gasteiger charge is -2.07. The molecule has 0 spiro atoms. The molecule has 118 valence electrons. The van der Waals surface area contributed by atoms with Gasteiger partial charge in [-0.25, -0.2) is 4.79 Å². The molecule has 3 nitrogen and oxygen atoms in total. The minimum absolute atomic E-state index is 0.0620. The smallest absolute Gasteiger partial charge is 0.341 e. The molecule has 0 fully saturated rings. The topological polar surface area (TPSA) is 43.4 Å². The maximum Gasteiger partial charge on any atom is 0.341 e. The second-order valence-corrected chi connectivity index (χ2v) is 5.95. The second-order valence-electron chi connectivity index (χ2n) is 5.04. The highest BCUT2D eigenvalue weighted by atomic mass is 79.9. The highest BCUT2D eigenvalue weighted by Crippen LogP contribution is 2.12. The van der Waals surface area contributed by atoms with E-state index in [1.165, 1.54) is 6.92 Å². The van der Waals surface area contributed by atoms with Crippen LogP contribution in [-0.4, -0.2) is 18.4 Å². The average molecular weight is 373 g/mol. The first-order valence-electron chi connectivity index (χ1n) is 7.25. The van der Waals surface area contributed by atoms with Gasteiger partial charge < -0.3 is 4.74 Å². The third-order valence-corrected chi connectivity index (χ3v) is 3.78. The number of hydrogen-bond donors (Lipinski definition) is 0. The average Bonchev–Trinajstić information content (AvgIpc) is 2.55. The molecule has 0 atom stereocenters. The van der Waals surface area contributed by atoms with Gasteiger partial charge in [-0.1, -0.05) is 58.4 Å². The van der Waals surface area contributed by atoms with Crippen molar-refractivity contribution in [2.45, 2.75) is 13.3 Å². The van der Waals surface area contributed by atoms with E-state index in [1.54, 1.807) is 6.08 Å². The molecule has 0 amide bonds. The number of halogens is 1. The standard InChI is InChI=1S/C19H17BrO3/c1-14(21)18(13-16-5-3-2-4-6-16)19(22)23-12-11-15-7-9-17(20)10-8-15/h2-10,13H,11-12H2,1H3/b18-13-. The van der Waals surface area contributed by atoms with Gasteiger partial charge in [0.25, 0.3) is 0 Å². The van der Waals surface area contributed by atoms with Crippen molar-refractivity contribution >= 4 is 33.8 Å². The zero-order valence-electron chi connectivity index (χ0n) is 12.8. The number of rotatable bonds is 6. The lowest BCUT2D eigenvalue weighted by Crippen LogP contribution is -2.15. The molecule has 0 saturated carbocycles. The Hall–Kier alpha value is -2.20. The monoisotopic (exact) mass is 372 g/mol. The number of hydrogen-bond acceptors (Lipinski definition) is 3. The van der Waals surface area contributed by atoms with Crippen molar-refractivity contribution in [2.24, 2.45) is 0 Å². The van der Waals surface area contributed by atoms with Gasteiger partial charge in [0.05, 0.1) is 6.61 Å². The lowest BCUT2D eigenvalue weighted by atomic mass is 10.1. The Kier molecular flexibility index (Phi) is 6.29. The second kappa shape index (κ2) is 8.44. The lowest BCUT2D eigenvalue weighted by molar-refractivity contribution is -0.140. The quantitative estimate of drug-likeness (QED) is 0.330. The Bertz CT molecular complexity index is 703. The summed E-state index contributed by atoms with van der Waals surface area (Å²) in [6.45, 7) is 1.60. The van der Waals surface area contributed by atoms with E-state index in [0.717, 1.165) is 15.6 Å². The SMILES string of the molecule is CC(=O)/C(=C/c1ccccc1)C(=O)OCCc1ccc(Br)cc1. The minimum atomic E-state index is -0.585. The molecule has 23 heavy (non-hydrogen) atoms. The molecule has 0 radical (unpaired) electrons. The molecule has 0 unspecified atom stereocenters. The molecule has 2 rings (SSSR count). The first kappa shape index (κ1) is 17.2. The fourth-order valence-electron chi connectivity index (χ4n) is 2.01. The van der Waals surface area contributed by atoms with E-state index in [9.17, 15) is 9.59 Å². The van der Waals surface area contributed by atoms with Crippen LogP contribution in [0.15, 0.2) is 64.6 Å². The molecule has 2 aromatic rings. The normalized spacial score (nSPS) is 11.1. The predicted octanol–water partition coefficient (Wildman–Crippen LogP) is 4.21. The van der Waals surface area contributed by atoms with Crippen molar-refractivity contribution in [1.82, 2.24) is 0 Å². The Morgan fingerprint density at radius 2 is 1.70 bits per heavy atom. The number of Topliss-reactive ketones (excluding diaryl/α,β-unsaturated/α-hetero) is 1. The van der Waals surface area contributed by atoms with E-state index in [1.807, 2.05) is 54.6 Å². The number of benzene rings is 2. The Labute approximate surface area is 144 Å². The summed E-state index contributed by atoms with van der Waals surface area (Å²) >= 11 is 3.37. The third kappa shape index (κ3) is 5.49. The van der Waals surface area contributed by atoms with Gasteiger partial charge in [-0.05, 0) is 36.3 Å². The summed E-state index contributed by atoms with van der Waals surface area (Å²) in [6.07, 6.45) is 2.17. The Morgan fingerprint density at radius 3 is 2.30 bits per heavy atom. The predicted molar refractivity (Wildman–Crippen MR) is 93.9 cm³/mol. The molecule has 2 aromatic carbocycles. The molecule has 0 aliphatic rings. The highest BCUT2D eigenvalue weighted by Gasteiger charge is 2.16. The first-order chi connectivity index (χ1) is 11.1. The van der Waals surface area contributed by atoms with Gasteiger partial charge in [-0.3, -0.25) is 4.79 Å². The summed E-state index contributed by atoms with van der Waals surface area (Å²) in [7, 11) is 0. The van der Waals surface area contributed by atoms with Crippen LogP contribution in [0.25, 0.3) is 6.08 Å². The van der Waals surface area contributed by atoms with Crippen molar-refractivity contribution in [3.63, 3.8) is 0 Å². The molecule has 0 aromatic heterocycles. The van der Waals surface area contributed by atoms with E-state index in [2.05, 4.69) is 15.9 Å². The van der Waals surface area contributed by atoms with E-state index < -0.39 is 5.97 Å². The van der Waals surface area contributed by atoms with Gasteiger partial charge in [0.15, 0.2) is 5.78 Å². The summed E-state index contributed by atoms with van der Waals surface area (Å²) in [6, 6.07) is 17.0. The van der Waals surface area contributed by atoms with Gasteiger partial charge in [-0.15, -0.1) is 0 Å². The third-order valence-electron chi connectivity index (χ3n) is 3.25. The summed E-state index contributed by atoms with van der Waals surface area (Å²) in [5, 5.41) is 0. The van der Waals surface area contributed by atoms with Crippen LogP contribution in [0, 0.1) is 0 Å². The van der Waals surface area contributed by atoms with Crippen LogP contribution in [0.3, 0.4) is 0 Å². The molecule has 0 aliphatic carbocycles. The van der Waals surface area contributed by atoms with Crippen LogP contribution >= 0.6 is 15.9 Å². The van der Waals surface area contributed by atoms with Gasteiger partial charge in [0, 0.05) is 10.9 Å². The van der Waals surface area contributed by atoms with Crippen molar-refractivity contribution in [3.05, 3.63) is 75.8 Å².